The minimum Gasteiger partial charge on any atom is -0.426 e. The summed E-state index contributed by atoms with van der Waals surface area (Å²) >= 11 is 0. The monoisotopic (exact) mass is 432 g/mol. The van der Waals surface area contributed by atoms with Gasteiger partial charge in [0.2, 0.25) is 15.9 Å². The Bertz CT molecular complexity index is 977. The average Bonchev–Trinajstić information content (AvgIpc) is 2.67. The highest BCUT2D eigenvalue weighted by Crippen LogP contribution is 2.17. The highest BCUT2D eigenvalue weighted by Gasteiger charge is 2.29. The summed E-state index contributed by atoms with van der Waals surface area (Å²) < 4.78 is 26.7. The Morgan fingerprint density at radius 2 is 1.67 bits per heavy atom. The Labute approximate surface area is 178 Å². The van der Waals surface area contributed by atoms with Gasteiger partial charge in [0.1, 0.15) is 0 Å². The Kier molecular flexibility index (Phi) is 8.20. The molecule has 0 fully saturated rings. The molecule has 0 aliphatic heterocycles. The maximum absolute atomic E-state index is 12.8. The second-order valence-corrected chi connectivity index (χ2v) is 9.40. The zero-order valence-corrected chi connectivity index (χ0v) is 18.6. The Morgan fingerprint density at radius 3 is 2.20 bits per heavy atom. The number of hydrogen-bond donors (Lipinski definition) is 3. The average molecular weight is 432 g/mol. The lowest BCUT2D eigenvalue weighted by molar-refractivity contribution is -0.121. The molecular weight excluding hydrogens is 403 g/mol. The second-order valence-electron chi connectivity index (χ2n) is 7.47. The van der Waals surface area contributed by atoms with Crippen LogP contribution < -0.4 is 5.32 Å². The first kappa shape index (κ1) is 24.1. The van der Waals surface area contributed by atoms with Crippen molar-refractivity contribution in [3.63, 3.8) is 0 Å². The summed E-state index contributed by atoms with van der Waals surface area (Å²) in [5.74, 6) is -1.56. The van der Waals surface area contributed by atoms with E-state index in [0.717, 1.165) is 26.6 Å². The van der Waals surface area contributed by atoms with Crippen LogP contribution >= 0.6 is 0 Å². The van der Waals surface area contributed by atoms with E-state index in [2.05, 4.69) is 5.32 Å². The standard InChI is InChI=1S/C21H29BN2O5S/c1-5-24(30(28,29)19-10-7-15(2)8-11-19)14-21(25)23-20(22(26)27)13-18-9-6-16(3)12-17(18)4/h6-12,20,26-27H,5,13-14H2,1-4H3,(H,23,25)/t20-/m0/s1. The van der Waals surface area contributed by atoms with Crippen LogP contribution in [-0.4, -0.2) is 54.8 Å². The molecule has 0 bridgehead atoms. The summed E-state index contributed by atoms with van der Waals surface area (Å²) in [6.45, 7) is 7.07. The number of carbonyl (C=O) groups excluding carboxylic acids is 1. The van der Waals surface area contributed by atoms with Crippen LogP contribution in [0.3, 0.4) is 0 Å². The normalized spacial score (nSPS) is 12.6. The van der Waals surface area contributed by atoms with Gasteiger partial charge in [-0.05, 0) is 50.5 Å². The Balaban J connectivity index is 2.12. The fraction of sp³-hybridized carbons (Fsp3) is 0.381. The van der Waals surface area contributed by atoms with Crippen molar-refractivity contribution in [3.8, 4) is 0 Å². The number of likely N-dealkylation sites (N-methyl/N-ethyl adjacent to an activating group) is 1. The number of nitrogens with zero attached hydrogens (tertiary/aromatic N) is 1. The molecule has 0 aromatic heterocycles. The number of sulfonamides is 1. The van der Waals surface area contributed by atoms with Gasteiger partial charge in [0.25, 0.3) is 0 Å². The maximum atomic E-state index is 12.8. The molecule has 0 saturated carbocycles. The molecule has 0 aliphatic rings. The zero-order chi connectivity index (χ0) is 22.5. The predicted octanol–water partition coefficient (Wildman–Crippen LogP) is 1.36. The van der Waals surface area contributed by atoms with E-state index in [1.807, 2.05) is 39.0 Å². The van der Waals surface area contributed by atoms with E-state index in [1.54, 1.807) is 19.1 Å². The molecule has 3 N–H and O–H groups in total. The molecule has 162 valence electrons. The highest BCUT2D eigenvalue weighted by molar-refractivity contribution is 7.89. The van der Waals surface area contributed by atoms with Crippen molar-refractivity contribution in [2.24, 2.45) is 0 Å². The van der Waals surface area contributed by atoms with E-state index in [4.69, 9.17) is 0 Å². The number of amides is 1. The van der Waals surface area contributed by atoms with Crippen LogP contribution in [0.5, 0.6) is 0 Å². The summed E-state index contributed by atoms with van der Waals surface area (Å²) in [5, 5.41) is 22.0. The largest absolute Gasteiger partial charge is 0.475 e. The third-order valence-electron chi connectivity index (χ3n) is 4.98. The van der Waals surface area contributed by atoms with Crippen LogP contribution in [-0.2, 0) is 21.2 Å². The van der Waals surface area contributed by atoms with Gasteiger partial charge < -0.3 is 15.4 Å². The maximum Gasteiger partial charge on any atom is 0.475 e. The van der Waals surface area contributed by atoms with E-state index >= 15 is 0 Å². The van der Waals surface area contributed by atoms with Gasteiger partial charge in [-0.2, -0.15) is 4.31 Å². The van der Waals surface area contributed by atoms with Crippen molar-refractivity contribution in [1.29, 1.82) is 0 Å². The molecule has 9 heteroatoms. The number of nitrogens with one attached hydrogen (secondary N) is 1. The van der Waals surface area contributed by atoms with Crippen molar-refractivity contribution in [2.75, 3.05) is 13.1 Å². The molecule has 0 saturated heterocycles. The number of benzene rings is 2. The van der Waals surface area contributed by atoms with Gasteiger partial charge in [-0.1, -0.05) is 48.4 Å². The third kappa shape index (κ3) is 6.15. The summed E-state index contributed by atoms with van der Waals surface area (Å²) in [6, 6.07) is 12.2. The van der Waals surface area contributed by atoms with Crippen LogP contribution in [0.2, 0.25) is 0 Å². The van der Waals surface area contributed by atoms with E-state index in [-0.39, 0.29) is 17.9 Å². The molecular formula is C21H29BN2O5S. The van der Waals surface area contributed by atoms with Crippen LogP contribution in [0.15, 0.2) is 47.4 Å². The number of aryl methyl sites for hydroxylation is 3. The van der Waals surface area contributed by atoms with Gasteiger partial charge >= 0.3 is 7.12 Å². The van der Waals surface area contributed by atoms with Gasteiger partial charge in [-0.25, -0.2) is 8.42 Å². The molecule has 1 amide bonds. The van der Waals surface area contributed by atoms with Gasteiger partial charge in [0, 0.05) is 6.54 Å². The molecule has 7 nitrogen and oxygen atoms in total. The van der Waals surface area contributed by atoms with Crippen molar-refractivity contribution < 1.29 is 23.3 Å². The van der Waals surface area contributed by atoms with Crippen LogP contribution in [0.4, 0.5) is 0 Å². The smallest absolute Gasteiger partial charge is 0.426 e. The topological polar surface area (TPSA) is 107 Å². The number of hydrogen-bond acceptors (Lipinski definition) is 5. The fourth-order valence-electron chi connectivity index (χ4n) is 3.18. The number of rotatable bonds is 9. The first-order valence-electron chi connectivity index (χ1n) is 9.83. The van der Waals surface area contributed by atoms with Crippen molar-refractivity contribution >= 4 is 23.0 Å². The molecule has 0 heterocycles. The summed E-state index contributed by atoms with van der Waals surface area (Å²) in [5.41, 5.74) is 3.87. The molecule has 2 aromatic rings. The fourth-order valence-corrected chi connectivity index (χ4v) is 4.59. The Hall–Kier alpha value is -2.20. The second kappa shape index (κ2) is 10.2. The molecule has 2 aromatic carbocycles. The van der Waals surface area contributed by atoms with Crippen LogP contribution in [0, 0.1) is 20.8 Å². The highest BCUT2D eigenvalue weighted by atomic mass is 32.2. The minimum absolute atomic E-state index is 0.104. The van der Waals surface area contributed by atoms with Gasteiger partial charge in [0.05, 0.1) is 17.4 Å². The van der Waals surface area contributed by atoms with Crippen molar-refractivity contribution in [2.45, 2.75) is 45.0 Å². The van der Waals surface area contributed by atoms with Gasteiger partial charge in [-0.15, -0.1) is 0 Å². The van der Waals surface area contributed by atoms with E-state index in [1.165, 1.54) is 12.1 Å². The molecule has 2 rings (SSSR count). The molecule has 0 spiro atoms. The zero-order valence-electron chi connectivity index (χ0n) is 17.8. The van der Waals surface area contributed by atoms with Crippen LogP contribution in [0.1, 0.15) is 29.2 Å². The molecule has 0 radical (unpaired) electrons. The first-order chi connectivity index (χ1) is 14.0. The molecule has 30 heavy (non-hydrogen) atoms. The number of carbonyl (C=O) groups is 1. The third-order valence-corrected chi connectivity index (χ3v) is 6.91. The molecule has 0 aliphatic carbocycles. The van der Waals surface area contributed by atoms with E-state index < -0.39 is 35.5 Å². The minimum atomic E-state index is -3.84. The summed E-state index contributed by atoms with van der Waals surface area (Å²) in [4.78, 5) is 12.7. The van der Waals surface area contributed by atoms with Crippen molar-refractivity contribution in [3.05, 3.63) is 64.7 Å². The lowest BCUT2D eigenvalue weighted by Gasteiger charge is -2.23. The summed E-state index contributed by atoms with van der Waals surface area (Å²) in [6.07, 6.45) is 0.215. The quantitative estimate of drug-likeness (QED) is 0.519. The Morgan fingerprint density at radius 1 is 1.07 bits per heavy atom. The predicted molar refractivity (Wildman–Crippen MR) is 117 cm³/mol. The SMILES string of the molecule is CCN(CC(=O)N[C@@H](Cc1ccc(C)cc1C)B(O)O)S(=O)(=O)c1ccc(C)cc1. The lowest BCUT2D eigenvalue weighted by Crippen LogP contribution is -2.51. The van der Waals surface area contributed by atoms with Gasteiger partial charge in [-0.3, -0.25) is 4.79 Å². The lowest BCUT2D eigenvalue weighted by atomic mass is 9.75. The van der Waals surface area contributed by atoms with Crippen LogP contribution in [0.25, 0.3) is 0 Å². The van der Waals surface area contributed by atoms with E-state index in [0.29, 0.717) is 0 Å². The summed E-state index contributed by atoms with van der Waals surface area (Å²) in [7, 11) is -5.62. The first-order valence-corrected chi connectivity index (χ1v) is 11.3. The van der Waals surface area contributed by atoms with Crippen molar-refractivity contribution in [1.82, 2.24) is 9.62 Å². The van der Waals surface area contributed by atoms with E-state index in [9.17, 15) is 23.3 Å². The van der Waals surface area contributed by atoms with Gasteiger partial charge in [0.15, 0.2) is 0 Å². The molecule has 0 unspecified atom stereocenters. The molecule has 1 atom stereocenters.